The number of urea groups is 1. The second-order valence-electron chi connectivity index (χ2n) is 6.78. The molecular formula is C15H21Cl2N3O. The van der Waals surface area contributed by atoms with Crippen LogP contribution in [0.2, 0.25) is 10.0 Å². The average Bonchev–Trinajstić information content (AvgIpc) is 2.39. The molecule has 21 heavy (non-hydrogen) atoms. The zero-order valence-corrected chi connectivity index (χ0v) is 14.1. The highest BCUT2D eigenvalue weighted by Crippen LogP contribution is 2.52. The third kappa shape index (κ3) is 2.85. The lowest BCUT2D eigenvalue weighted by Crippen LogP contribution is -2.76. The van der Waals surface area contributed by atoms with E-state index < -0.39 is 0 Å². The van der Waals surface area contributed by atoms with Crippen LogP contribution in [0.5, 0.6) is 0 Å². The summed E-state index contributed by atoms with van der Waals surface area (Å²) >= 11 is 11.8. The molecule has 0 atom stereocenters. The molecule has 0 aromatic heterocycles. The predicted octanol–water partition coefficient (Wildman–Crippen LogP) is 3.88. The number of amides is 2. The Morgan fingerprint density at radius 3 is 2.24 bits per heavy atom. The third-order valence-electron chi connectivity index (χ3n) is 4.54. The second-order valence-corrected chi connectivity index (χ2v) is 7.60. The number of halogens is 2. The fourth-order valence-corrected chi connectivity index (χ4v) is 3.72. The van der Waals surface area contributed by atoms with E-state index in [9.17, 15) is 4.79 Å². The summed E-state index contributed by atoms with van der Waals surface area (Å²) in [6.45, 7) is 8.25. The number of hydrogen-bond donors (Lipinski definition) is 3. The SMILES string of the molecule is CC1(C)C(N)C(C)(C)C1NC(=O)Nc1ccc(Cl)c(Cl)c1. The third-order valence-corrected chi connectivity index (χ3v) is 5.28. The topological polar surface area (TPSA) is 67.1 Å². The Kier molecular flexibility index (Phi) is 4.17. The zero-order chi connectivity index (χ0) is 16.0. The number of hydrogen-bond acceptors (Lipinski definition) is 2. The summed E-state index contributed by atoms with van der Waals surface area (Å²) in [4.78, 5) is 12.2. The Morgan fingerprint density at radius 2 is 1.71 bits per heavy atom. The fraction of sp³-hybridized carbons (Fsp3) is 0.533. The molecule has 1 saturated carbocycles. The summed E-state index contributed by atoms with van der Waals surface area (Å²) in [6, 6.07) is 4.74. The molecule has 2 rings (SSSR count). The summed E-state index contributed by atoms with van der Waals surface area (Å²) in [6.07, 6.45) is 0. The standard InChI is InChI=1S/C15H21Cl2N3O/c1-14(2)11(18)15(3,4)12(14)20-13(21)19-8-5-6-9(16)10(17)7-8/h5-7,11-12H,18H2,1-4H3,(H2,19,20,21). The molecule has 116 valence electrons. The van der Waals surface area contributed by atoms with Crippen LogP contribution in [0.4, 0.5) is 10.5 Å². The van der Waals surface area contributed by atoms with Crippen LogP contribution in [-0.4, -0.2) is 18.1 Å². The Balaban J connectivity index is 2.04. The number of nitrogens with two attached hydrogens (primary N) is 1. The molecule has 0 spiro atoms. The van der Waals surface area contributed by atoms with Crippen molar-refractivity contribution in [2.75, 3.05) is 5.32 Å². The summed E-state index contributed by atoms with van der Waals surface area (Å²) in [7, 11) is 0. The smallest absolute Gasteiger partial charge is 0.319 e. The maximum absolute atomic E-state index is 12.2. The van der Waals surface area contributed by atoms with Gasteiger partial charge in [-0.25, -0.2) is 4.79 Å². The number of nitrogens with one attached hydrogen (secondary N) is 2. The molecule has 1 aromatic rings. The monoisotopic (exact) mass is 329 g/mol. The maximum Gasteiger partial charge on any atom is 0.319 e. The molecule has 0 heterocycles. The first-order valence-corrected chi connectivity index (χ1v) is 7.60. The first kappa shape index (κ1) is 16.4. The molecule has 1 aromatic carbocycles. The lowest BCUT2D eigenvalue weighted by molar-refractivity contribution is -0.0638. The van der Waals surface area contributed by atoms with E-state index in [1.807, 2.05) is 0 Å². The van der Waals surface area contributed by atoms with Gasteiger partial charge < -0.3 is 16.4 Å². The molecule has 1 aliphatic carbocycles. The van der Waals surface area contributed by atoms with Crippen molar-refractivity contribution >= 4 is 34.9 Å². The van der Waals surface area contributed by atoms with E-state index >= 15 is 0 Å². The second kappa shape index (κ2) is 5.34. The van der Waals surface area contributed by atoms with Crippen molar-refractivity contribution in [3.05, 3.63) is 28.2 Å². The highest BCUT2D eigenvalue weighted by atomic mass is 35.5. The number of rotatable bonds is 2. The van der Waals surface area contributed by atoms with E-state index in [2.05, 4.69) is 38.3 Å². The molecule has 0 bridgehead atoms. The minimum absolute atomic E-state index is 0.00257. The van der Waals surface area contributed by atoms with Crippen LogP contribution in [0.15, 0.2) is 18.2 Å². The summed E-state index contributed by atoms with van der Waals surface area (Å²) < 4.78 is 0. The quantitative estimate of drug-likeness (QED) is 0.770. The minimum atomic E-state index is -0.272. The van der Waals surface area contributed by atoms with Gasteiger partial charge in [-0.1, -0.05) is 50.9 Å². The first-order chi connectivity index (χ1) is 9.56. The van der Waals surface area contributed by atoms with Gasteiger partial charge in [-0.3, -0.25) is 0 Å². The highest BCUT2D eigenvalue weighted by Gasteiger charge is 2.60. The normalized spacial score (nSPS) is 25.9. The van der Waals surface area contributed by atoms with Crippen LogP contribution >= 0.6 is 23.2 Å². The van der Waals surface area contributed by atoms with Gasteiger partial charge in [0.05, 0.1) is 10.0 Å². The van der Waals surface area contributed by atoms with Crippen molar-refractivity contribution < 1.29 is 4.79 Å². The molecule has 1 fully saturated rings. The van der Waals surface area contributed by atoms with E-state index in [1.54, 1.807) is 18.2 Å². The van der Waals surface area contributed by atoms with Gasteiger partial charge in [0.25, 0.3) is 0 Å². The van der Waals surface area contributed by atoms with Crippen LogP contribution in [0.1, 0.15) is 27.7 Å². The van der Waals surface area contributed by atoms with Gasteiger partial charge in [-0.2, -0.15) is 0 Å². The number of carbonyl (C=O) groups is 1. The number of anilines is 1. The molecule has 2 amide bonds. The summed E-state index contributed by atoms with van der Waals surface area (Å²) in [5, 5.41) is 6.63. The Labute approximate surface area is 135 Å². The average molecular weight is 330 g/mol. The lowest BCUT2D eigenvalue weighted by Gasteiger charge is -2.62. The number of benzene rings is 1. The molecule has 0 saturated heterocycles. The van der Waals surface area contributed by atoms with Gasteiger partial charge in [-0.15, -0.1) is 0 Å². The molecule has 0 unspecified atom stereocenters. The van der Waals surface area contributed by atoms with Gasteiger partial charge in [0.2, 0.25) is 0 Å². The van der Waals surface area contributed by atoms with Gasteiger partial charge in [-0.05, 0) is 18.2 Å². The highest BCUT2D eigenvalue weighted by molar-refractivity contribution is 6.42. The zero-order valence-electron chi connectivity index (χ0n) is 12.6. The van der Waals surface area contributed by atoms with Crippen molar-refractivity contribution in [1.29, 1.82) is 0 Å². The molecular weight excluding hydrogens is 309 g/mol. The van der Waals surface area contributed by atoms with Crippen molar-refractivity contribution in [3.63, 3.8) is 0 Å². The summed E-state index contributed by atoms with van der Waals surface area (Å²) in [5.41, 5.74) is 6.50. The molecule has 6 heteroatoms. The molecule has 4 nitrogen and oxygen atoms in total. The van der Waals surface area contributed by atoms with E-state index in [0.717, 1.165) is 0 Å². The van der Waals surface area contributed by atoms with Gasteiger partial charge in [0.1, 0.15) is 0 Å². The molecule has 1 aliphatic rings. The van der Waals surface area contributed by atoms with E-state index in [-0.39, 0.29) is 28.9 Å². The van der Waals surface area contributed by atoms with Crippen LogP contribution in [0, 0.1) is 10.8 Å². The predicted molar refractivity (Wildman–Crippen MR) is 87.9 cm³/mol. The molecule has 4 N–H and O–H groups in total. The van der Waals surface area contributed by atoms with Crippen LogP contribution in [0.3, 0.4) is 0 Å². The van der Waals surface area contributed by atoms with Gasteiger partial charge >= 0.3 is 6.03 Å². The van der Waals surface area contributed by atoms with Crippen LogP contribution in [-0.2, 0) is 0 Å². The van der Waals surface area contributed by atoms with Crippen LogP contribution < -0.4 is 16.4 Å². The Bertz CT molecular complexity index is 556. The molecule has 0 aliphatic heterocycles. The van der Waals surface area contributed by atoms with Crippen LogP contribution in [0.25, 0.3) is 0 Å². The van der Waals surface area contributed by atoms with Gasteiger partial charge in [0.15, 0.2) is 0 Å². The Morgan fingerprint density at radius 1 is 1.14 bits per heavy atom. The van der Waals surface area contributed by atoms with Crippen molar-refractivity contribution in [1.82, 2.24) is 5.32 Å². The largest absolute Gasteiger partial charge is 0.334 e. The van der Waals surface area contributed by atoms with E-state index in [1.165, 1.54) is 0 Å². The van der Waals surface area contributed by atoms with Crippen molar-refractivity contribution in [2.45, 2.75) is 39.8 Å². The van der Waals surface area contributed by atoms with E-state index in [4.69, 9.17) is 28.9 Å². The lowest BCUT2D eigenvalue weighted by atomic mass is 9.48. The fourth-order valence-electron chi connectivity index (χ4n) is 3.42. The Hall–Kier alpha value is -0.970. The van der Waals surface area contributed by atoms with E-state index in [0.29, 0.717) is 15.7 Å². The van der Waals surface area contributed by atoms with Crippen molar-refractivity contribution in [2.24, 2.45) is 16.6 Å². The maximum atomic E-state index is 12.2. The first-order valence-electron chi connectivity index (χ1n) is 6.85. The summed E-state index contributed by atoms with van der Waals surface area (Å²) in [5.74, 6) is 0. The van der Waals surface area contributed by atoms with Gasteiger partial charge in [0, 0.05) is 28.6 Å². The number of carbonyl (C=O) groups excluding carboxylic acids is 1. The van der Waals surface area contributed by atoms with Crippen molar-refractivity contribution in [3.8, 4) is 0 Å². The molecule has 0 radical (unpaired) electrons. The minimum Gasteiger partial charge on any atom is -0.334 e.